The molecule has 16 valence electrons. The molecule has 0 saturated heterocycles. The van der Waals surface area contributed by atoms with E-state index in [9.17, 15) is 0 Å². The van der Waals surface area contributed by atoms with E-state index in [0.29, 0.717) is 0 Å². The first-order valence-corrected chi connectivity index (χ1v) is 0. The molecule has 0 amide bonds. The molecule has 0 rings (SSSR count). The van der Waals surface area contributed by atoms with E-state index in [1.807, 2.05) is 0 Å². The summed E-state index contributed by atoms with van der Waals surface area (Å²) in [5, 5.41) is 0. The zero-order valence-electron chi connectivity index (χ0n) is 2.23. The summed E-state index contributed by atoms with van der Waals surface area (Å²) in [4.78, 5) is 0. The molecule has 0 unspecified atom stereocenters. The van der Waals surface area contributed by atoms with Crippen molar-refractivity contribution in [3.8, 4) is 0 Å². The van der Waals surface area contributed by atoms with Crippen LogP contribution in [0.5, 0.6) is 0 Å². The van der Waals surface area contributed by atoms with Gasteiger partial charge in [0.1, 0.15) is 0 Å². The van der Waals surface area contributed by atoms with Gasteiger partial charge in [-0.05, 0) is 0 Å². The van der Waals surface area contributed by atoms with Crippen LogP contribution in [0.2, 0.25) is 0 Å². The van der Waals surface area contributed by atoms with Crippen LogP contribution in [0.1, 0.15) is 0 Å². The van der Waals surface area contributed by atoms with Gasteiger partial charge in [0.2, 0.25) is 0 Å². The molecule has 0 aliphatic rings. The Labute approximate surface area is 96.6 Å². The first kappa shape index (κ1) is 27.8. The van der Waals surface area contributed by atoms with Crippen LogP contribution in [0.3, 0.4) is 0 Å². The molecule has 4 heavy (non-hydrogen) atoms. The van der Waals surface area contributed by atoms with E-state index in [1.54, 1.807) is 0 Å². The third-order valence-electron chi connectivity index (χ3n) is 0. The largest absolute Gasteiger partial charge is 2.00 e. The molecule has 0 N–H and O–H groups in total. The SMILES string of the molecule is [Ba+2].[Mg+2].[S-2].[S-2]. The monoisotopic (exact) mass is 226 g/mol. The predicted molar refractivity (Wildman–Crippen MR) is 26.2 cm³/mol. The smallest absolute Gasteiger partial charge is 2.00 e. The van der Waals surface area contributed by atoms with Gasteiger partial charge < -0.3 is 27.0 Å². The van der Waals surface area contributed by atoms with Gasteiger partial charge in [0.05, 0.1) is 0 Å². The summed E-state index contributed by atoms with van der Waals surface area (Å²) < 4.78 is 0. The van der Waals surface area contributed by atoms with Crippen LogP contribution in [0.15, 0.2) is 0 Å². The quantitative estimate of drug-likeness (QED) is 0.476. The van der Waals surface area contributed by atoms with Crippen LogP contribution in [0.4, 0.5) is 0 Å². The number of rotatable bonds is 0. The Bertz CT molecular complexity index is 6.00. The Morgan fingerprint density at radius 1 is 0.750 bits per heavy atom. The Kier molecular flexibility index (Phi) is 115. The van der Waals surface area contributed by atoms with E-state index in [1.165, 1.54) is 0 Å². The summed E-state index contributed by atoms with van der Waals surface area (Å²) in [6.07, 6.45) is 0. The summed E-state index contributed by atoms with van der Waals surface area (Å²) >= 11 is 0. The van der Waals surface area contributed by atoms with E-state index >= 15 is 0 Å². The summed E-state index contributed by atoms with van der Waals surface area (Å²) in [6, 6.07) is 0. The molecule has 0 aliphatic carbocycles. The molecule has 0 heterocycles. The Morgan fingerprint density at radius 2 is 0.750 bits per heavy atom. The summed E-state index contributed by atoms with van der Waals surface area (Å²) in [7, 11) is 0. The van der Waals surface area contributed by atoms with Crippen molar-refractivity contribution in [3.63, 3.8) is 0 Å². The van der Waals surface area contributed by atoms with Crippen LogP contribution < -0.4 is 0 Å². The van der Waals surface area contributed by atoms with E-state index < -0.39 is 0 Å². The van der Waals surface area contributed by atoms with Crippen LogP contribution in [0, 0.1) is 0 Å². The van der Waals surface area contributed by atoms with Gasteiger partial charge in [-0.3, -0.25) is 0 Å². The van der Waals surface area contributed by atoms with Crippen molar-refractivity contribution in [2.24, 2.45) is 0 Å². The van der Waals surface area contributed by atoms with Crippen molar-refractivity contribution in [2.75, 3.05) is 0 Å². The Hall–Kier alpha value is 3.04. The topological polar surface area (TPSA) is 0 Å². The zero-order chi connectivity index (χ0) is 0. The molecule has 0 atom stereocenters. The van der Waals surface area contributed by atoms with Crippen LogP contribution in [0.25, 0.3) is 0 Å². The first-order valence-electron chi connectivity index (χ1n) is 0. The van der Waals surface area contributed by atoms with E-state index in [2.05, 4.69) is 0 Å². The van der Waals surface area contributed by atoms with E-state index in [0.717, 1.165) is 0 Å². The maximum absolute atomic E-state index is 0. The van der Waals surface area contributed by atoms with E-state index in [4.69, 9.17) is 0 Å². The second-order valence-corrected chi connectivity index (χ2v) is 0. The maximum atomic E-state index is 0. The molecule has 0 aliphatic heterocycles. The average Bonchev–Trinajstić information content (AvgIpc) is 0. The van der Waals surface area contributed by atoms with Crippen molar-refractivity contribution in [1.29, 1.82) is 0 Å². The fraction of sp³-hybridized carbons (Fsp3) is 0. The minimum Gasteiger partial charge on any atom is -2.00 e. The molecular formula is BaMgS2. The molecule has 0 nitrogen and oxygen atoms in total. The van der Waals surface area contributed by atoms with Gasteiger partial charge in [-0.25, -0.2) is 0 Å². The van der Waals surface area contributed by atoms with Gasteiger partial charge in [-0.1, -0.05) is 0 Å². The molecule has 0 aromatic rings. The molecule has 0 spiro atoms. The summed E-state index contributed by atoms with van der Waals surface area (Å²) in [5.41, 5.74) is 0. The Morgan fingerprint density at radius 3 is 0.750 bits per heavy atom. The van der Waals surface area contributed by atoms with Crippen LogP contribution in [-0.4, -0.2) is 71.9 Å². The minimum absolute atomic E-state index is 0. The maximum Gasteiger partial charge on any atom is 2.00 e. The van der Waals surface area contributed by atoms with Crippen LogP contribution >= 0.6 is 0 Å². The fourth-order valence-corrected chi connectivity index (χ4v) is 0. The molecular weight excluding hydrogens is 226 g/mol. The minimum atomic E-state index is 0. The standard InChI is InChI=1S/Ba.Mg.2S/q2*+2;2*-2. The molecule has 0 aromatic carbocycles. The van der Waals surface area contributed by atoms with Crippen molar-refractivity contribution in [2.45, 2.75) is 0 Å². The summed E-state index contributed by atoms with van der Waals surface area (Å²) in [6.45, 7) is 0. The third-order valence-corrected chi connectivity index (χ3v) is 0. The van der Waals surface area contributed by atoms with Gasteiger partial charge in [0, 0.05) is 0 Å². The van der Waals surface area contributed by atoms with Crippen LogP contribution in [-0.2, 0) is 27.0 Å². The zero-order valence-corrected chi connectivity index (χ0v) is 9.72. The second-order valence-electron chi connectivity index (χ2n) is 0. The van der Waals surface area contributed by atoms with Crippen molar-refractivity contribution >= 4 is 98.9 Å². The average molecular weight is 226 g/mol. The first-order chi connectivity index (χ1) is 0. The van der Waals surface area contributed by atoms with E-state index in [-0.39, 0.29) is 98.9 Å². The van der Waals surface area contributed by atoms with Crippen molar-refractivity contribution in [1.82, 2.24) is 0 Å². The molecule has 0 fully saturated rings. The Balaban J connectivity index is 0. The van der Waals surface area contributed by atoms with Gasteiger partial charge in [0.15, 0.2) is 0 Å². The van der Waals surface area contributed by atoms with Gasteiger partial charge in [0.25, 0.3) is 0 Å². The van der Waals surface area contributed by atoms with Crippen molar-refractivity contribution < 1.29 is 0 Å². The van der Waals surface area contributed by atoms with Crippen molar-refractivity contribution in [3.05, 3.63) is 0 Å². The number of hydrogen-bond acceptors (Lipinski definition) is 0. The normalized spacial score (nSPS) is 0. The van der Waals surface area contributed by atoms with Gasteiger partial charge in [-0.15, -0.1) is 0 Å². The van der Waals surface area contributed by atoms with Gasteiger partial charge in [-0.2, -0.15) is 0 Å². The molecule has 4 heteroatoms. The molecule has 0 bridgehead atoms. The molecule has 0 radical (unpaired) electrons. The molecule has 0 aromatic heterocycles. The van der Waals surface area contributed by atoms with Gasteiger partial charge >= 0.3 is 71.9 Å². The predicted octanol–water partition coefficient (Wildman–Crippen LogP) is -0.766. The second kappa shape index (κ2) is 16.6. The molecule has 0 saturated carbocycles. The number of hydrogen-bond donors (Lipinski definition) is 0. The summed E-state index contributed by atoms with van der Waals surface area (Å²) in [5.74, 6) is 0. The third kappa shape index (κ3) is 8.90. The fourth-order valence-electron chi connectivity index (χ4n) is 0.